The Morgan fingerprint density at radius 3 is 2.88 bits per heavy atom. The van der Waals surface area contributed by atoms with Crippen molar-refractivity contribution < 1.29 is 0 Å². The van der Waals surface area contributed by atoms with Crippen molar-refractivity contribution in [3.8, 4) is 0 Å². The Hall–Kier alpha value is -1.13. The Morgan fingerprint density at radius 2 is 2.24 bits per heavy atom. The highest BCUT2D eigenvalue weighted by molar-refractivity contribution is 6.31. The normalized spacial score (nSPS) is 11.6. The molecule has 0 aliphatic carbocycles. The van der Waals surface area contributed by atoms with E-state index in [1.54, 1.807) is 6.20 Å². The van der Waals surface area contributed by atoms with E-state index in [0.717, 1.165) is 30.0 Å². The van der Waals surface area contributed by atoms with Crippen molar-refractivity contribution in [2.24, 2.45) is 5.73 Å². The Bertz CT molecular complexity index is 518. The second kappa shape index (κ2) is 5.02. The summed E-state index contributed by atoms with van der Waals surface area (Å²) in [6, 6.07) is 1.86. The van der Waals surface area contributed by atoms with Gasteiger partial charge >= 0.3 is 0 Å². The maximum absolute atomic E-state index is 5.93. The molecule has 0 unspecified atom stereocenters. The van der Waals surface area contributed by atoms with E-state index in [9.17, 15) is 0 Å². The highest BCUT2D eigenvalue weighted by Crippen LogP contribution is 2.22. The monoisotopic (exact) mass is 252 g/mol. The predicted octanol–water partition coefficient (Wildman–Crippen LogP) is 2.56. The van der Waals surface area contributed by atoms with Gasteiger partial charge < -0.3 is 10.3 Å². The van der Waals surface area contributed by atoms with Gasteiger partial charge in [0, 0.05) is 18.7 Å². The number of pyridine rings is 1. The minimum absolute atomic E-state index is 0.362. The van der Waals surface area contributed by atoms with Crippen LogP contribution in [-0.4, -0.2) is 21.1 Å². The minimum atomic E-state index is 0.362. The number of imidazole rings is 1. The van der Waals surface area contributed by atoms with Crippen molar-refractivity contribution in [2.75, 3.05) is 6.54 Å². The molecule has 0 atom stereocenters. The van der Waals surface area contributed by atoms with Crippen LogP contribution < -0.4 is 5.73 Å². The van der Waals surface area contributed by atoms with E-state index in [0.29, 0.717) is 17.5 Å². The lowest BCUT2D eigenvalue weighted by Crippen LogP contribution is -2.10. The molecule has 0 fully saturated rings. The first-order valence-corrected chi connectivity index (χ1v) is 6.23. The Labute approximate surface area is 106 Å². The van der Waals surface area contributed by atoms with Gasteiger partial charge in [-0.25, -0.2) is 9.97 Å². The lowest BCUT2D eigenvalue weighted by Gasteiger charge is -2.09. The highest BCUT2D eigenvalue weighted by atomic mass is 35.5. The van der Waals surface area contributed by atoms with Gasteiger partial charge in [0.25, 0.3) is 0 Å². The van der Waals surface area contributed by atoms with Crippen LogP contribution >= 0.6 is 11.6 Å². The Morgan fingerprint density at radius 1 is 1.47 bits per heavy atom. The molecule has 0 bridgehead atoms. The van der Waals surface area contributed by atoms with E-state index >= 15 is 0 Å². The first-order valence-electron chi connectivity index (χ1n) is 5.85. The van der Waals surface area contributed by atoms with Crippen LogP contribution in [0.5, 0.6) is 0 Å². The summed E-state index contributed by atoms with van der Waals surface area (Å²) in [6.45, 7) is 5.78. The molecule has 92 valence electrons. The van der Waals surface area contributed by atoms with E-state index in [2.05, 4.69) is 28.4 Å². The molecular weight excluding hydrogens is 236 g/mol. The molecule has 17 heavy (non-hydrogen) atoms. The number of nitrogens with zero attached hydrogens (tertiary/aromatic N) is 3. The Kier molecular flexibility index (Phi) is 3.64. The van der Waals surface area contributed by atoms with Crippen LogP contribution in [0.15, 0.2) is 12.3 Å². The molecule has 0 amide bonds. The number of hydrogen-bond donors (Lipinski definition) is 1. The van der Waals surface area contributed by atoms with Crippen LogP contribution in [0.4, 0.5) is 0 Å². The zero-order chi connectivity index (χ0) is 12.4. The summed E-state index contributed by atoms with van der Waals surface area (Å²) in [5, 5.41) is 0.622. The van der Waals surface area contributed by atoms with Gasteiger partial charge in [-0.15, -0.1) is 0 Å². The number of hydrogen-bond acceptors (Lipinski definition) is 3. The fourth-order valence-electron chi connectivity index (χ4n) is 1.91. The maximum atomic E-state index is 5.93. The van der Waals surface area contributed by atoms with Gasteiger partial charge in [0.1, 0.15) is 11.3 Å². The second-order valence-electron chi connectivity index (χ2n) is 4.41. The molecule has 5 heteroatoms. The molecule has 2 aromatic rings. The molecule has 0 radical (unpaired) electrons. The Balaban J connectivity index is 2.54. The van der Waals surface area contributed by atoms with Crippen molar-refractivity contribution >= 4 is 22.8 Å². The van der Waals surface area contributed by atoms with Gasteiger partial charge in [-0.2, -0.15) is 0 Å². The zero-order valence-electron chi connectivity index (χ0n) is 10.2. The average molecular weight is 253 g/mol. The maximum Gasteiger partial charge on any atom is 0.160 e. The third-order valence-corrected chi connectivity index (χ3v) is 2.89. The molecule has 2 N–H and O–H groups in total. The first kappa shape index (κ1) is 12.3. The summed E-state index contributed by atoms with van der Waals surface area (Å²) in [5.74, 6) is 1.41. The SMILES string of the molecule is CC(C)c1nc2cc(Cl)cnc2n1CCCN. The molecular formula is C12H17ClN4. The number of fused-ring (bicyclic) bond motifs is 1. The molecule has 0 aliphatic rings. The summed E-state index contributed by atoms with van der Waals surface area (Å²) < 4.78 is 2.14. The molecule has 2 rings (SSSR count). The van der Waals surface area contributed by atoms with Crippen LogP contribution in [0.2, 0.25) is 5.02 Å². The van der Waals surface area contributed by atoms with E-state index in [1.807, 2.05) is 6.07 Å². The second-order valence-corrected chi connectivity index (χ2v) is 4.85. The van der Waals surface area contributed by atoms with Gasteiger partial charge in [-0.05, 0) is 19.0 Å². The van der Waals surface area contributed by atoms with Gasteiger partial charge in [0.2, 0.25) is 0 Å². The van der Waals surface area contributed by atoms with Gasteiger partial charge in [0.15, 0.2) is 5.65 Å². The van der Waals surface area contributed by atoms with Crippen molar-refractivity contribution in [3.63, 3.8) is 0 Å². The van der Waals surface area contributed by atoms with Crippen LogP contribution in [0.25, 0.3) is 11.2 Å². The molecule has 2 heterocycles. The average Bonchev–Trinajstić information content (AvgIpc) is 2.64. The fraction of sp³-hybridized carbons (Fsp3) is 0.500. The summed E-state index contributed by atoms with van der Waals surface area (Å²) >= 11 is 5.93. The van der Waals surface area contributed by atoms with Crippen LogP contribution in [0.3, 0.4) is 0 Å². The minimum Gasteiger partial charge on any atom is -0.330 e. The number of halogens is 1. The quantitative estimate of drug-likeness (QED) is 0.910. The zero-order valence-corrected chi connectivity index (χ0v) is 10.9. The third-order valence-electron chi connectivity index (χ3n) is 2.68. The smallest absolute Gasteiger partial charge is 0.160 e. The van der Waals surface area contributed by atoms with Crippen LogP contribution in [-0.2, 0) is 6.54 Å². The van der Waals surface area contributed by atoms with Crippen LogP contribution in [0, 0.1) is 0 Å². The molecule has 0 spiro atoms. The first-order chi connectivity index (χ1) is 8.13. The number of nitrogens with two attached hydrogens (primary N) is 1. The van der Waals surface area contributed by atoms with E-state index < -0.39 is 0 Å². The number of aryl methyl sites for hydroxylation is 1. The fourth-order valence-corrected chi connectivity index (χ4v) is 2.07. The van der Waals surface area contributed by atoms with Crippen molar-refractivity contribution in [2.45, 2.75) is 32.7 Å². The van der Waals surface area contributed by atoms with Crippen molar-refractivity contribution in [3.05, 3.63) is 23.1 Å². The van der Waals surface area contributed by atoms with Crippen LogP contribution in [0.1, 0.15) is 32.0 Å². The predicted molar refractivity (Wildman–Crippen MR) is 70.3 cm³/mol. The topological polar surface area (TPSA) is 56.7 Å². The van der Waals surface area contributed by atoms with E-state index in [-0.39, 0.29) is 0 Å². The van der Waals surface area contributed by atoms with Gasteiger partial charge in [-0.3, -0.25) is 0 Å². The molecule has 4 nitrogen and oxygen atoms in total. The van der Waals surface area contributed by atoms with Gasteiger partial charge in [-0.1, -0.05) is 25.4 Å². The molecule has 0 aliphatic heterocycles. The van der Waals surface area contributed by atoms with Crippen molar-refractivity contribution in [1.82, 2.24) is 14.5 Å². The van der Waals surface area contributed by atoms with E-state index in [4.69, 9.17) is 17.3 Å². The molecule has 0 saturated heterocycles. The largest absolute Gasteiger partial charge is 0.330 e. The summed E-state index contributed by atoms with van der Waals surface area (Å²) in [7, 11) is 0. The standard InChI is InChI=1S/C12H17ClN4/c1-8(2)11-16-10-6-9(13)7-15-12(10)17(11)5-3-4-14/h6-8H,3-5,14H2,1-2H3. The molecule has 0 aromatic carbocycles. The summed E-state index contributed by atoms with van der Waals surface area (Å²) in [4.78, 5) is 8.97. The third kappa shape index (κ3) is 2.42. The number of rotatable bonds is 4. The number of aromatic nitrogens is 3. The summed E-state index contributed by atoms with van der Waals surface area (Å²) in [6.07, 6.45) is 2.59. The van der Waals surface area contributed by atoms with Crippen molar-refractivity contribution in [1.29, 1.82) is 0 Å². The lowest BCUT2D eigenvalue weighted by atomic mass is 10.2. The van der Waals surface area contributed by atoms with Gasteiger partial charge in [0.05, 0.1) is 5.02 Å². The summed E-state index contributed by atoms with van der Waals surface area (Å²) in [5.41, 5.74) is 7.32. The van der Waals surface area contributed by atoms with E-state index in [1.165, 1.54) is 0 Å². The molecule has 0 saturated carbocycles. The highest BCUT2D eigenvalue weighted by Gasteiger charge is 2.14. The molecule has 2 aromatic heterocycles. The lowest BCUT2D eigenvalue weighted by molar-refractivity contribution is 0.604.